The summed E-state index contributed by atoms with van der Waals surface area (Å²) < 4.78 is 0. The largest absolute Gasteiger partial charge is 0.392 e. The van der Waals surface area contributed by atoms with Gasteiger partial charge in [0.1, 0.15) is 0 Å². The molecule has 0 heterocycles. The van der Waals surface area contributed by atoms with Crippen LogP contribution >= 0.6 is 0 Å². The van der Waals surface area contributed by atoms with Crippen molar-refractivity contribution in [3.63, 3.8) is 0 Å². The van der Waals surface area contributed by atoms with Crippen LogP contribution in [-0.2, 0) is 5.41 Å². The van der Waals surface area contributed by atoms with Crippen molar-refractivity contribution in [2.75, 3.05) is 0 Å². The van der Waals surface area contributed by atoms with Gasteiger partial charge < -0.3 is 5.11 Å². The van der Waals surface area contributed by atoms with Crippen LogP contribution in [0.1, 0.15) is 39.2 Å². The van der Waals surface area contributed by atoms with E-state index in [1.54, 1.807) is 0 Å². The maximum atomic E-state index is 10.0. The molecular formula is C13H20O. The molecule has 0 aromatic heterocycles. The third-order valence-corrected chi connectivity index (χ3v) is 2.91. The summed E-state index contributed by atoms with van der Waals surface area (Å²) in [7, 11) is 0. The molecule has 0 unspecified atom stereocenters. The average Bonchev–Trinajstić information content (AvgIpc) is 2.19. The first-order chi connectivity index (χ1) is 6.59. The Kier molecular flexibility index (Phi) is 3.70. The standard InChI is InChI=1S/C13H20O/c1-4-8-12(14)13(2,3)11-9-6-5-7-10-11/h5-7,9-10,12,14H,4,8H2,1-3H3/t12-/m0/s1. The van der Waals surface area contributed by atoms with Crippen molar-refractivity contribution in [1.29, 1.82) is 0 Å². The van der Waals surface area contributed by atoms with E-state index in [-0.39, 0.29) is 11.5 Å². The normalized spacial score (nSPS) is 14.0. The summed E-state index contributed by atoms with van der Waals surface area (Å²) >= 11 is 0. The van der Waals surface area contributed by atoms with E-state index >= 15 is 0 Å². The van der Waals surface area contributed by atoms with Crippen molar-refractivity contribution in [2.45, 2.75) is 45.1 Å². The zero-order valence-corrected chi connectivity index (χ0v) is 9.33. The van der Waals surface area contributed by atoms with Gasteiger partial charge in [-0.2, -0.15) is 0 Å². The molecule has 1 atom stereocenters. The van der Waals surface area contributed by atoms with Gasteiger partial charge in [0.05, 0.1) is 6.10 Å². The van der Waals surface area contributed by atoms with E-state index in [0.29, 0.717) is 0 Å². The Morgan fingerprint density at radius 1 is 1.21 bits per heavy atom. The minimum atomic E-state index is -0.255. The molecule has 1 nitrogen and oxygen atoms in total. The molecule has 0 amide bonds. The van der Waals surface area contributed by atoms with Crippen LogP contribution < -0.4 is 0 Å². The molecule has 78 valence electrons. The quantitative estimate of drug-likeness (QED) is 0.777. The van der Waals surface area contributed by atoms with Gasteiger partial charge in [0, 0.05) is 5.41 Å². The summed E-state index contributed by atoms with van der Waals surface area (Å²) in [5, 5.41) is 10.0. The molecule has 0 aliphatic heterocycles. The Morgan fingerprint density at radius 2 is 1.79 bits per heavy atom. The molecular weight excluding hydrogens is 172 g/mol. The molecule has 1 rings (SSSR count). The highest BCUT2D eigenvalue weighted by molar-refractivity contribution is 5.24. The topological polar surface area (TPSA) is 20.2 Å². The molecule has 14 heavy (non-hydrogen) atoms. The van der Waals surface area contributed by atoms with E-state index in [1.165, 1.54) is 5.56 Å². The Balaban J connectivity index is 2.84. The average molecular weight is 192 g/mol. The van der Waals surface area contributed by atoms with Crippen LogP contribution in [0.4, 0.5) is 0 Å². The molecule has 1 aromatic rings. The smallest absolute Gasteiger partial charge is 0.0631 e. The number of hydrogen-bond donors (Lipinski definition) is 1. The SMILES string of the molecule is CCC[C@H](O)C(C)(C)c1ccccc1. The van der Waals surface area contributed by atoms with E-state index in [1.807, 2.05) is 18.2 Å². The van der Waals surface area contributed by atoms with Gasteiger partial charge in [-0.3, -0.25) is 0 Å². The van der Waals surface area contributed by atoms with Crippen LogP contribution in [0.2, 0.25) is 0 Å². The van der Waals surface area contributed by atoms with E-state index in [0.717, 1.165) is 12.8 Å². The highest BCUT2D eigenvalue weighted by atomic mass is 16.3. The highest BCUT2D eigenvalue weighted by Crippen LogP contribution is 2.29. The van der Waals surface area contributed by atoms with Crippen LogP contribution in [0.15, 0.2) is 30.3 Å². The van der Waals surface area contributed by atoms with Crippen LogP contribution in [0.5, 0.6) is 0 Å². The monoisotopic (exact) mass is 192 g/mol. The molecule has 1 heteroatoms. The maximum absolute atomic E-state index is 10.0. The fourth-order valence-corrected chi connectivity index (χ4v) is 1.69. The van der Waals surface area contributed by atoms with Crippen LogP contribution in [-0.4, -0.2) is 11.2 Å². The number of rotatable bonds is 4. The van der Waals surface area contributed by atoms with Gasteiger partial charge >= 0.3 is 0 Å². The molecule has 0 aliphatic rings. The molecule has 0 fully saturated rings. The Morgan fingerprint density at radius 3 is 2.29 bits per heavy atom. The second-order valence-corrected chi connectivity index (χ2v) is 4.39. The van der Waals surface area contributed by atoms with Crippen molar-refractivity contribution in [3.8, 4) is 0 Å². The Labute approximate surface area is 86.8 Å². The van der Waals surface area contributed by atoms with Crippen LogP contribution in [0.3, 0.4) is 0 Å². The van der Waals surface area contributed by atoms with E-state index in [4.69, 9.17) is 0 Å². The Bertz CT molecular complexity index is 264. The summed E-state index contributed by atoms with van der Waals surface area (Å²) in [6, 6.07) is 10.2. The van der Waals surface area contributed by atoms with Gasteiger partial charge in [0.2, 0.25) is 0 Å². The predicted octanol–water partition coefficient (Wildman–Crippen LogP) is 3.13. The van der Waals surface area contributed by atoms with Gasteiger partial charge in [-0.05, 0) is 12.0 Å². The highest BCUT2D eigenvalue weighted by Gasteiger charge is 2.28. The minimum Gasteiger partial charge on any atom is -0.392 e. The Hall–Kier alpha value is -0.820. The predicted molar refractivity (Wildman–Crippen MR) is 60.4 cm³/mol. The summed E-state index contributed by atoms with van der Waals surface area (Å²) in [5.74, 6) is 0. The number of aliphatic hydroxyl groups is 1. The fourth-order valence-electron chi connectivity index (χ4n) is 1.69. The van der Waals surface area contributed by atoms with Crippen molar-refractivity contribution >= 4 is 0 Å². The fraction of sp³-hybridized carbons (Fsp3) is 0.538. The van der Waals surface area contributed by atoms with Crippen molar-refractivity contribution in [1.82, 2.24) is 0 Å². The molecule has 1 N–H and O–H groups in total. The summed E-state index contributed by atoms with van der Waals surface area (Å²) in [4.78, 5) is 0. The second kappa shape index (κ2) is 4.61. The molecule has 0 bridgehead atoms. The first kappa shape index (κ1) is 11.3. The number of hydrogen-bond acceptors (Lipinski definition) is 1. The van der Waals surface area contributed by atoms with Crippen LogP contribution in [0, 0.1) is 0 Å². The summed E-state index contributed by atoms with van der Waals surface area (Å²) in [6.45, 7) is 6.30. The second-order valence-electron chi connectivity index (χ2n) is 4.39. The molecule has 1 aromatic carbocycles. The zero-order chi connectivity index (χ0) is 10.6. The van der Waals surface area contributed by atoms with E-state index in [9.17, 15) is 5.11 Å². The lowest BCUT2D eigenvalue weighted by Gasteiger charge is -2.31. The lowest BCUT2D eigenvalue weighted by atomic mass is 9.78. The molecule has 0 saturated carbocycles. The van der Waals surface area contributed by atoms with Crippen molar-refractivity contribution in [3.05, 3.63) is 35.9 Å². The minimum absolute atomic E-state index is 0.142. The van der Waals surface area contributed by atoms with Gasteiger partial charge in [0.25, 0.3) is 0 Å². The van der Waals surface area contributed by atoms with Crippen molar-refractivity contribution < 1.29 is 5.11 Å². The third kappa shape index (κ3) is 2.36. The number of benzene rings is 1. The number of aliphatic hydroxyl groups excluding tert-OH is 1. The summed E-state index contributed by atoms with van der Waals surface area (Å²) in [6.07, 6.45) is 1.63. The van der Waals surface area contributed by atoms with Crippen molar-refractivity contribution in [2.24, 2.45) is 0 Å². The maximum Gasteiger partial charge on any atom is 0.0631 e. The lowest BCUT2D eigenvalue weighted by Crippen LogP contribution is -2.33. The summed E-state index contributed by atoms with van der Waals surface area (Å²) in [5.41, 5.74) is 1.07. The lowest BCUT2D eigenvalue weighted by molar-refractivity contribution is 0.0905. The first-order valence-electron chi connectivity index (χ1n) is 5.32. The van der Waals surface area contributed by atoms with E-state index < -0.39 is 0 Å². The first-order valence-corrected chi connectivity index (χ1v) is 5.32. The molecule has 0 radical (unpaired) electrons. The molecule has 0 spiro atoms. The zero-order valence-electron chi connectivity index (χ0n) is 9.33. The molecule has 0 aliphatic carbocycles. The van der Waals surface area contributed by atoms with Gasteiger partial charge in [-0.25, -0.2) is 0 Å². The molecule has 0 saturated heterocycles. The third-order valence-electron chi connectivity index (χ3n) is 2.91. The van der Waals surface area contributed by atoms with E-state index in [2.05, 4.69) is 32.9 Å². The van der Waals surface area contributed by atoms with Crippen LogP contribution in [0.25, 0.3) is 0 Å². The van der Waals surface area contributed by atoms with Gasteiger partial charge in [-0.1, -0.05) is 57.5 Å². The van der Waals surface area contributed by atoms with Gasteiger partial charge in [0.15, 0.2) is 0 Å². The van der Waals surface area contributed by atoms with Gasteiger partial charge in [-0.15, -0.1) is 0 Å².